The van der Waals surface area contributed by atoms with E-state index in [1.165, 1.54) is 6.92 Å². The molecule has 0 spiro atoms. The van der Waals surface area contributed by atoms with Crippen LogP contribution in [0.1, 0.15) is 38.1 Å². The molecule has 0 unspecified atom stereocenters. The maximum atomic E-state index is 12.3. The van der Waals surface area contributed by atoms with Crippen molar-refractivity contribution in [3.05, 3.63) is 29.8 Å². The van der Waals surface area contributed by atoms with Gasteiger partial charge in [-0.25, -0.2) is 4.79 Å². The molecule has 0 aromatic heterocycles. The largest absolute Gasteiger partial charge is 0.449 e. The molecule has 7 nitrogen and oxygen atoms in total. The van der Waals surface area contributed by atoms with Gasteiger partial charge in [0.05, 0.1) is 18.2 Å². The summed E-state index contributed by atoms with van der Waals surface area (Å²) in [5.41, 5.74) is -0.265. The average molecular weight is 347 g/mol. The number of nitriles is 1. The summed E-state index contributed by atoms with van der Waals surface area (Å²) in [4.78, 5) is 24.6. The molecule has 2 atom stereocenters. The van der Waals surface area contributed by atoms with Gasteiger partial charge in [0, 0.05) is 12.2 Å². The van der Waals surface area contributed by atoms with Crippen molar-refractivity contribution in [2.75, 3.05) is 18.5 Å². The first-order valence-corrected chi connectivity index (χ1v) is 8.13. The van der Waals surface area contributed by atoms with E-state index in [1.807, 2.05) is 13.8 Å². The van der Waals surface area contributed by atoms with Crippen LogP contribution in [0.25, 0.3) is 0 Å². The van der Waals surface area contributed by atoms with Gasteiger partial charge < -0.3 is 20.5 Å². The zero-order valence-corrected chi connectivity index (χ0v) is 15.0. The Morgan fingerprint density at radius 1 is 1.32 bits per heavy atom. The van der Waals surface area contributed by atoms with E-state index < -0.39 is 23.5 Å². The van der Waals surface area contributed by atoms with E-state index >= 15 is 0 Å². The Morgan fingerprint density at radius 2 is 1.96 bits per heavy atom. The number of aliphatic hydroxyl groups excluding tert-OH is 1. The lowest BCUT2D eigenvalue weighted by Crippen LogP contribution is -2.52. The summed E-state index contributed by atoms with van der Waals surface area (Å²) in [7, 11) is 0. The normalized spacial score (nSPS) is 14.1. The number of benzene rings is 1. The molecule has 1 aromatic carbocycles. The molecule has 0 fully saturated rings. The van der Waals surface area contributed by atoms with Crippen LogP contribution in [0, 0.1) is 17.2 Å². The minimum absolute atomic E-state index is 0.0792. The van der Waals surface area contributed by atoms with E-state index in [2.05, 4.69) is 16.7 Å². The number of hydrogen-bond donors (Lipinski definition) is 3. The van der Waals surface area contributed by atoms with Gasteiger partial charge in [-0.1, -0.05) is 26.0 Å². The van der Waals surface area contributed by atoms with Gasteiger partial charge in [-0.15, -0.1) is 0 Å². The van der Waals surface area contributed by atoms with Gasteiger partial charge in [0.25, 0.3) is 5.91 Å². The summed E-state index contributed by atoms with van der Waals surface area (Å²) in [6.07, 6.45) is -1.05. The predicted molar refractivity (Wildman–Crippen MR) is 93.9 cm³/mol. The molecule has 7 heteroatoms. The highest BCUT2D eigenvalue weighted by Crippen LogP contribution is 2.18. The average Bonchev–Trinajstić information content (AvgIpc) is 2.59. The molecule has 136 valence electrons. The number of esters is 1. The lowest BCUT2D eigenvalue weighted by Gasteiger charge is -2.28. The first kappa shape index (κ1) is 20.5. The Balaban J connectivity index is 2.80. The van der Waals surface area contributed by atoms with Gasteiger partial charge in [0.1, 0.15) is 5.54 Å². The quantitative estimate of drug-likeness (QED) is 0.617. The minimum atomic E-state index is -1.05. The van der Waals surface area contributed by atoms with Crippen molar-refractivity contribution in [3.8, 4) is 6.07 Å². The van der Waals surface area contributed by atoms with E-state index in [-0.39, 0.29) is 24.6 Å². The van der Waals surface area contributed by atoms with Crippen LogP contribution >= 0.6 is 0 Å². The van der Waals surface area contributed by atoms with Crippen LogP contribution in [-0.4, -0.2) is 41.8 Å². The van der Waals surface area contributed by atoms with Crippen LogP contribution in [0.15, 0.2) is 24.3 Å². The number of rotatable bonds is 8. The van der Waals surface area contributed by atoms with Gasteiger partial charge in [0.2, 0.25) is 0 Å². The van der Waals surface area contributed by atoms with Crippen molar-refractivity contribution < 1.29 is 19.4 Å². The van der Waals surface area contributed by atoms with Crippen LogP contribution in [0.4, 0.5) is 5.69 Å². The second kappa shape index (κ2) is 9.04. The fraction of sp³-hybridized carbons (Fsp3) is 0.500. The molecule has 3 N–H and O–H groups in total. The number of ether oxygens (including phenoxy) is 1. The Bertz CT molecular complexity index is 654. The van der Waals surface area contributed by atoms with Gasteiger partial charge in [-0.2, -0.15) is 5.26 Å². The minimum Gasteiger partial charge on any atom is -0.449 e. The Labute approximate surface area is 148 Å². The Morgan fingerprint density at radius 3 is 2.52 bits per heavy atom. The van der Waals surface area contributed by atoms with Gasteiger partial charge in [-0.05, 0) is 31.9 Å². The monoisotopic (exact) mass is 347 g/mol. The van der Waals surface area contributed by atoms with Crippen molar-refractivity contribution in [3.63, 3.8) is 0 Å². The summed E-state index contributed by atoms with van der Waals surface area (Å²) in [6.45, 7) is 6.93. The second-order valence-corrected chi connectivity index (χ2v) is 6.20. The number of nitrogens with one attached hydrogen (secondary N) is 2. The molecule has 0 aliphatic rings. The summed E-state index contributed by atoms with van der Waals surface area (Å²) in [5.74, 6) is -1.30. The SMILES string of the molecule is CC(C)[C@@](C)(C#N)NC(=O)[C@@H](C)OC(=O)c1ccccc1NCCO. The molecule has 0 saturated heterocycles. The molecule has 0 aliphatic heterocycles. The van der Waals surface area contributed by atoms with Crippen molar-refractivity contribution in [2.24, 2.45) is 5.92 Å². The maximum absolute atomic E-state index is 12.3. The highest BCUT2D eigenvalue weighted by atomic mass is 16.5. The fourth-order valence-electron chi connectivity index (χ4n) is 1.94. The molecular formula is C18H25N3O4. The van der Waals surface area contributed by atoms with Crippen molar-refractivity contribution in [1.29, 1.82) is 5.26 Å². The van der Waals surface area contributed by atoms with Crippen LogP contribution < -0.4 is 10.6 Å². The predicted octanol–water partition coefficient (Wildman–Crippen LogP) is 1.69. The number of anilines is 1. The van der Waals surface area contributed by atoms with Crippen LogP contribution in [0.5, 0.6) is 0 Å². The molecule has 0 heterocycles. The topological polar surface area (TPSA) is 111 Å². The number of carbonyl (C=O) groups excluding carboxylic acids is 2. The highest BCUT2D eigenvalue weighted by molar-refractivity contribution is 5.97. The summed E-state index contributed by atoms with van der Waals surface area (Å²) in [5, 5.41) is 23.7. The van der Waals surface area contributed by atoms with Gasteiger partial charge >= 0.3 is 5.97 Å². The first-order valence-electron chi connectivity index (χ1n) is 8.13. The molecule has 25 heavy (non-hydrogen) atoms. The number of para-hydroxylation sites is 1. The summed E-state index contributed by atoms with van der Waals surface area (Å²) >= 11 is 0. The molecule has 1 amide bonds. The van der Waals surface area contributed by atoms with E-state index in [9.17, 15) is 14.9 Å². The first-order chi connectivity index (χ1) is 11.7. The number of nitrogens with zero attached hydrogens (tertiary/aromatic N) is 1. The Kier molecular flexibility index (Phi) is 7.40. The van der Waals surface area contributed by atoms with Crippen molar-refractivity contribution in [1.82, 2.24) is 5.32 Å². The molecule has 0 radical (unpaired) electrons. The molecular weight excluding hydrogens is 322 g/mol. The van der Waals surface area contributed by atoms with Crippen LogP contribution in [-0.2, 0) is 9.53 Å². The summed E-state index contributed by atoms with van der Waals surface area (Å²) in [6, 6.07) is 8.75. The molecule has 0 saturated carbocycles. The number of carbonyl (C=O) groups is 2. The zero-order chi connectivity index (χ0) is 19.0. The van der Waals surface area contributed by atoms with Crippen molar-refractivity contribution >= 4 is 17.6 Å². The molecule has 0 bridgehead atoms. The fourth-order valence-corrected chi connectivity index (χ4v) is 1.94. The molecule has 1 rings (SSSR count). The molecule has 0 aliphatic carbocycles. The third-order valence-corrected chi connectivity index (χ3v) is 4.00. The van der Waals surface area contributed by atoms with Crippen LogP contribution in [0.2, 0.25) is 0 Å². The third-order valence-electron chi connectivity index (χ3n) is 4.00. The van der Waals surface area contributed by atoms with E-state index in [0.29, 0.717) is 5.69 Å². The van der Waals surface area contributed by atoms with E-state index in [0.717, 1.165) is 0 Å². The van der Waals surface area contributed by atoms with Gasteiger partial charge in [-0.3, -0.25) is 4.79 Å². The van der Waals surface area contributed by atoms with Gasteiger partial charge in [0.15, 0.2) is 6.10 Å². The maximum Gasteiger partial charge on any atom is 0.341 e. The van der Waals surface area contributed by atoms with E-state index in [4.69, 9.17) is 9.84 Å². The van der Waals surface area contributed by atoms with E-state index in [1.54, 1.807) is 31.2 Å². The van der Waals surface area contributed by atoms with Crippen LogP contribution in [0.3, 0.4) is 0 Å². The number of aliphatic hydroxyl groups is 1. The van der Waals surface area contributed by atoms with Crippen molar-refractivity contribution in [2.45, 2.75) is 39.3 Å². The highest BCUT2D eigenvalue weighted by Gasteiger charge is 2.32. The Hall–Kier alpha value is -2.59. The zero-order valence-electron chi connectivity index (χ0n) is 15.0. The standard InChI is InChI=1S/C18H25N3O4/c1-12(2)18(4,11-19)21-16(23)13(3)25-17(24)14-7-5-6-8-15(14)20-9-10-22/h5-8,12-13,20,22H,9-10H2,1-4H3,(H,21,23)/t13-,18-/m1/s1. The third kappa shape index (κ3) is 5.47. The summed E-state index contributed by atoms with van der Waals surface area (Å²) < 4.78 is 5.23. The lowest BCUT2D eigenvalue weighted by atomic mass is 9.90. The smallest absolute Gasteiger partial charge is 0.341 e. The number of amides is 1. The molecule has 1 aromatic rings. The second-order valence-electron chi connectivity index (χ2n) is 6.20. The number of hydrogen-bond acceptors (Lipinski definition) is 6. The lowest BCUT2D eigenvalue weighted by molar-refractivity contribution is -0.130.